The van der Waals surface area contributed by atoms with E-state index >= 15 is 0 Å². The monoisotopic (exact) mass is 428 g/mol. The van der Waals surface area contributed by atoms with Gasteiger partial charge >= 0.3 is 0 Å². The van der Waals surface area contributed by atoms with E-state index in [2.05, 4.69) is 15.9 Å². The lowest BCUT2D eigenvalue weighted by molar-refractivity contribution is -0.116. The first-order chi connectivity index (χ1) is 13.1. The zero-order chi connectivity index (χ0) is 19.2. The highest BCUT2D eigenvalue weighted by Gasteiger charge is 2.21. The fraction of sp³-hybridized carbons (Fsp3) is 0.364. The van der Waals surface area contributed by atoms with Gasteiger partial charge in [-0.25, -0.2) is 0 Å². The van der Waals surface area contributed by atoms with Crippen molar-refractivity contribution in [2.75, 3.05) is 18.0 Å². The van der Waals surface area contributed by atoms with E-state index in [0.717, 1.165) is 54.5 Å². The highest BCUT2D eigenvalue weighted by molar-refractivity contribution is 9.10. The Morgan fingerprint density at radius 2 is 1.67 bits per heavy atom. The van der Waals surface area contributed by atoms with Crippen LogP contribution in [0, 0.1) is 0 Å². The third-order valence-electron chi connectivity index (χ3n) is 4.94. The Balaban J connectivity index is 1.94. The van der Waals surface area contributed by atoms with Crippen molar-refractivity contribution < 1.29 is 9.59 Å². The molecule has 0 radical (unpaired) electrons. The van der Waals surface area contributed by atoms with Crippen molar-refractivity contribution in [3.63, 3.8) is 0 Å². The number of fused-ring (bicyclic) bond motifs is 1. The maximum atomic E-state index is 13.2. The molecular weight excluding hydrogens is 404 g/mol. The molecule has 0 N–H and O–H groups in total. The number of anilines is 1. The number of nitrogens with zero attached hydrogens (tertiary/aromatic N) is 2. The van der Waals surface area contributed by atoms with Gasteiger partial charge in [0.1, 0.15) is 0 Å². The number of amides is 2. The van der Waals surface area contributed by atoms with Crippen LogP contribution >= 0.6 is 15.9 Å². The van der Waals surface area contributed by atoms with E-state index in [1.807, 2.05) is 58.3 Å². The minimum absolute atomic E-state index is 0.0275. The predicted octanol–water partition coefficient (Wildman–Crippen LogP) is 5.02. The first-order valence-electron chi connectivity index (χ1n) is 9.47. The van der Waals surface area contributed by atoms with Gasteiger partial charge in [0.2, 0.25) is 5.91 Å². The van der Waals surface area contributed by atoms with Crippen molar-refractivity contribution in [3.05, 3.63) is 64.1 Å². The molecule has 1 heterocycles. The Kier molecular flexibility index (Phi) is 6.67. The van der Waals surface area contributed by atoms with E-state index in [0.29, 0.717) is 12.1 Å². The summed E-state index contributed by atoms with van der Waals surface area (Å²) in [5.74, 6) is 0.0753. The van der Waals surface area contributed by atoms with Gasteiger partial charge in [-0.05, 0) is 42.7 Å². The summed E-state index contributed by atoms with van der Waals surface area (Å²) in [4.78, 5) is 29.1. The van der Waals surface area contributed by atoms with Crippen LogP contribution in [-0.4, -0.2) is 29.8 Å². The fourth-order valence-electron chi connectivity index (χ4n) is 3.54. The van der Waals surface area contributed by atoms with E-state index in [-0.39, 0.29) is 11.8 Å². The van der Waals surface area contributed by atoms with Crippen LogP contribution in [0.25, 0.3) is 0 Å². The van der Waals surface area contributed by atoms with Crippen molar-refractivity contribution >= 4 is 33.4 Å². The van der Waals surface area contributed by atoms with E-state index < -0.39 is 0 Å². The largest absolute Gasteiger partial charge is 0.334 e. The first kappa shape index (κ1) is 19.6. The van der Waals surface area contributed by atoms with Crippen LogP contribution in [-0.2, 0) is 11.3 Å². The molecule has 3 rings (SSSR count). The maximum Gasteiger partial charge on any atom is 0.254 e. The molecule has 0 saturated carbocycles. The molecule has 0 fully saturated rings. The summed E-state index contributed by atoms with van der Waals surface area (Å²) in [7, 11) is 0. The third kappa shape index (κ3) is 4.98. The first-order valence-corrected chi connectivity index (χ1v) is 10.3. The molecule has 1 aliphatic rings. The molecule has 4 nitrogen and oxygen atoms in total. The number of hydrogen-bond donors (Lipinski definition) is 0. The molecule has 0 atom stereocenters. The second-order valence-electron chi connectivity index (χ2n) is 6.95. The Bertz CT molecular complexity index is 821. The Hall–Kier alpha value is -2.14. The van der Waals surface area contributed by atoms with Gasteiger partial charge in [-0.1, -0.05) is 53.0 Å². The predicted molar refractivity (Wildman–Crippen MR) is 112 cm³/mol. The smallest absolute Gasteiger partial charge is 0.254 e. The molecule has 142 valence electrons. The van der Waals surface area contributed by atoms with Crippen LogP contribution in [0.2, 0.25) is 0 Å². The Morgan fingerprint density at radius 1 is 0.926 bits per heavy atom. The van der Waals surface area contributed by atoms with Crippen molar-refractivity contribution in [2.45, 2.75) is 39.2 Å². The highest BCUT2D eigenvalue weighted by Crippen LogP contribution is 2.25. The lowest BCUT2D eigenvalue weighted by atomic mass is 10.1. The zero-order valence-corrected chi connectivity index (χ0v) is 17.2. The highest BCUT2D eigenvalue weighted by atomic mass is 79.9. The van der Waals surface area contributed by atoms with E-state index in [1.165, 1.54) is 0 Å². The standard InChI is InChI=1S/C22H25BrN2O2/c1-17(26)25-14-7-3-2-6-13-24(16-19-9-4-5-12-21(19)25)22(27)18-10-8-11-20(23)15-18/h4-5,8-12,15H,2-3,6-7,13-14,16H2,1H3. The van der Waals surface area contributed by atoms with E-state index in [9.17, 15) is 9.59 Å². The van der Waals surface area contributed by atoms with Gasteiger partial charge in [0.25, 0.3) is 5.91 Å². The number of carbonyl (C=O) groups is 2. The lowest BCUT2D eigenvalue weighted by Crippen LogP contribution is -2.33. The zero-order valence-electron chi connectivity index (χ0n) is 15.7. The lowest BCUT2D eigenvalue weighted by Gasteiger charge is -2.27. The molecule has 0 saturated heterocycles. The van der Waals surface area contributed by atoms with Crippen LogP contribution < -0.4 is 4.90 Å². The normalized spacial score (nSPS) is 15.6. The number of benzene rings is 2. The summed E-state index contributed by atoms with van der Waals surface area (Å²) in [6.07, 6.45) is 4.07. The minimum atomic E-state index is 0.0275. The van der Waals surface area contributed by atoms with Crippen molar-refractivity contribution in [1.29, 1.82) is 0 Å². The van der Waals surface area contributed by atoms with Crippen LogP contribution in [0.4, 0.5) is 5.69 Å². The molecule has 2 aromatic rings. The summed E-state index contributed by atoms with van der Waals surface area (Å²) in [6, 6.07) is 15.4. The molecule has 2 aromatic carbocycles. The van der Waals surface area contributed by atoms with Crippen molar-refractivity contribution in [1.82, 2.24) is 4.90 Å². The van der Waals surface area contributed by atoms with Gasteiger partial charge in [-0.3, -0.25) is 9.59 Å². The summed E-state index contributed by atoms with van der Waals surface area (Å²) in [5, 5.41) is 0. The van der Waals surface area contributed by atoms with Crippen LogP contribution in [0.1, 0.15) is 48.5 Å². The van der Waals surface area contributed by atoms with Crippen LogP contribution in [0.15, 0.2) is 53.0 Å². The average molecular weight is 429 g/mol. The number of para-hydroxylation sites is 1. The maximum absolute atomic E-state index is 13.2. The Morgan fingerprint density at radius 3 is 2.41 bits per heavy atom. The summed E-state index contributed by atoms with van der Waals surface area (Å²) >= 11 is 3.45. The molecule has 0 bridgehead atoms. The molecule has 0 aromatic heterocycles. The van der Waals surface area contributed by atoms with Crippen LogP contribution in [0.5, 0.6) is 0 Å². The molecule has 2 amide bonds. The second-order valence-corrected chi connectivity index (χ2v) is 7.87. The van der Waals surface area contributed by atoms with Gasteiger partial charge in [0, 0.05) is 42.3 Å². The molecule has 0 unspecified atom stereocenters. The summed E-state index contributed by atoms with van der Waals surface area (Å²) in [5.41, 5.74) is 2.61. The summed E-state index contributed by atoms with van der Waals surface area (Å²) in [6.45, 7) is 3.57. The molecular formula is C22H25BrN2O2. The Labute approximate surface area is 169 Å². The molecule has 0 spiro atoms. The van der Waals surface area contributed by atoms with Gasteiger partial charge in [-0.15, -0.1) is 0 Å². The quantitative estimate of drug-likeness (QED) is 0.639. The SMILES string of the molecule is CC(=O)N1CCCCCCN(C(=O)c2cccc(Br)c2)Cc2ccccc21. The summed E-state index contributed by atoms with van der Waals surface area (Å²) < 4.78 is 0.898. The molecule has 27 heavy (non-hydrogen) atoms. The molecule has 1 aliphatic heterocycles. The average Bonchev–Trinajstić information content (AvgIpc) is 2.70. The van der Waals surface area contributed by atoms with Gasteiger partial charge in [0.15, 0.2) is 0 Å². The second kappa shape index (κ2) is 9.18. The number of hydrogen-bond acceptors (Lipinski definition) is 2. The van der Waals surface area contributed by atoms with Crippen LogP contribution in [0.3, 0.4) is 0 Å². The van der Waals surface area contributed by atoms with E-state index in [4.69, 9.17) is 0 Å². The van der Waals surface area contributed by atoms with Crippen molar-refractivity contribution in [2.24, 2.45) is 0 Å². The number of carbonyl (C=O) groups excluding carboxylic acids is 2. The number of rotatable bonds is 1. The van der Waals surface area contributed by atoms with Gasteiger partial charge in [0.05, 0.1) is 0 Å². The van der Waals surface area contributed by atoms with E-state index in [1.54, 1.807) is 6.92 Å². The fourth-order valence-corrected chi connectivity index (χ4v) is 3.94. The van der Waals surface area contributed by atoms with Gasteiger partial charge < -0.3 is 9.80 Å². The molecule has 5 heteroatoms. The molecule has 0 aliphatic carbocycles. The third-order valence-corrected chi connectivity index (χ3v) is 5.44. The topological polar surface area (TPSA) is 40.6 Å². The van der Waals surface area contributed by atoms with Crippen molar-refractivity contribution in [3.8, 4) is 0 Å². The minimum Gasteiger partial charge on any atom is -0.334 e. The number of halogens is 1. The van der Waals surface area contributed by atoms with Gasteiger partial charge in [-0.2, -0.15) is 0 Å².